The van der Waals surface area contributed by atoms with Gasteiger partial charge in [-0.15, -0.1) is 11.3 Å². The Balaban J connectivity index is 1.29. The average molecular weight is 701 g/mol. The molecule has 0 bridgehead atoms. The van der Waals surface area contributed by atoms with Crippen molar-refractivity contribution in [3.63, 3.8) is 0 Å². The summed E-state index contributed by atoms with van der Waals surface area (Å²) in [7, 11) is 0. The summed E-state index contributed by atoms with van der Waals surface area (Å²) in [5, 5.41) is 14.1. The number of aromatic nitrogens is 2. The predicted molar refractivity (Wildman–Crippen MR) is 171 cm³/mol. The second kappa shape index (κ2) is 12.1. The van der Waals surface area contributed by atoms with Crippen molar-refractivity contribution < 1.29 is 42.3 Å². The van der Waals surface area contributed by atoms with E-state index in [1.165, 1.54) is 40.3 Å². The number of piperidine rings is 1. The highest BCUT2D eigenvalue weighted by molar-refractivity contribution is 7.19. The maximum absolute atomic E-state index is 14.1. The van der Waals surface area contributed by atoms with Crippen molar-refractivity contribution in [2.75, 3.05) is 13.1 Å². The van der Waals surface area contributed by atoms with Crippen LogP contribution in [0.3, 0.4) is 0 Å². The number of carbonyl (C=O) groups excluding carboxylic acids is 4. The first-order valence-corrected chi connectivity index (χ1v) is 16.6. The highest BCUT2D eigenvalue weighted by Crippen LogP contribution is 2.63. The largest absolute Gasteiger partial charge is 0.465 e. The van der Waals surface area contributed by atoms with E-state index < -0.39 is 47.8 Å². The molecule has 3 aliphatic rings. The highest BCUT2D eigenvalue weighted by Gasteiger charge is 2.72. The molecule has 49 heavy (non-hydrogen) atoms. The van der Waals surface area contributed by atoms with Crippen LogP contribution in [0.4, 0.5) is 18.0 Å². The Bertz CT molecular complexity index is 1890. The Labute approximate surface area is 283 Å². The van der Waals surface area contributed by atoms with Gasteiger partial charge in [0, 0.05) is 41.8 Å². The van der Waals surface area contributed by atoms with E-state index in [2.05, 4.69) is 20.6 Å². The van der Waals surface area contributed by atoms with Crippen LogP contribution >= 0.6 is 11.3 Å². The molecular formula is C33H35F3N6O6S. The number of hydrogen-bond donors (Lipinski definition) is 3. The summed E-state index contributed by atoms with van der Waals surface area (Å²) in [4.78, 5) is 75.4. The lowest BCUT2D eigenvalue weighted by Gasteiger charge is -2.23. The number of carboxylic acid groups (broad SMARTS) is 1. The predicted octanol–water partition coefficient (Wildman–Crippen LogP) is 4.45. The summed E-state index contributed by atoms with van der Waals surface area (Å²) < 4.78 is 42.6. The maximum Gasteiger partial charge on any atom is 0.433 e. The van der Waals surface area contributed by atoms with Crippen LogP contribution in [0.5, 0.6) is 0 Å². The fourth-order valence-corrected chi connectivity index (χ4v) is 8.07. The molecule has 6 rings (SSSR count). The van der Waals surface area contributed by atoms with E-state index in [0.717, 1.165) is 6.07 Å². The number of thiophene rings is 1. The van der Waals surface area contributed by atoms with Crippen LogP contribution in [0.1, 0.15) is 60.6 Å². The summed E-state index contributed by atoms with van der Waals surface area (Å²) in [6.45, 7) is 8.63. The molecule has 3 fully saturated rings. The van der Waals surface area contributed by atoms with Gasteiger partial charge in [-0.2, -0.15) is 13.2 Å². The van der Waals surface area contributed by atoms with Gasteiger partial charge in [-0.3, -0.25) is 29.1 Å². The van der Waals surface area contributed by atoms with E-state index >= 15 is 0 Å². The summed E-state index contributed by atoms with van der Waals surface area (Å²) >= 11 is 1.17. The highest BCUT2D eigenvalue weighted by atomic mass is 32.1. The van der Waals surface area contributed by atoms with Gasteiger partial charge in [-0.05, 0) is 49.4 Å². The Morgan fingerprint density at radius 1 is 1.14 bits per heavy atom. The molecule has 16 heteroatoms. The molecule has 0 radical (unpaired) electrons. The van der Waals surface area contributed by atoms with Crippen molar-refractivity contribution in [2.45, 2.75) is 65.8 Å². The molecule has 1 aliphatic carbocycles. The van der Waals surface area contributed by atoms with Gasteiger partial charge >= 0.3 is 12.3 Å². The fraction of sp³-hybridized carbons (Fsp3) is 0.485. The van der Waals surface area contributed by atoms with Crippen LogP contribution in [0, 0.1) is 30.1 Å². The zero-order chi connectivity index (χ0) is 35.7. The number of aryl methyl sites for hydroxylation is 1. The molecule has 3 N–H and O–H groups in total. The van der Waals surface area contributed by atoms with Crippen LogP contribution in [-0.2, 0) is 27.1 Å². The minimum Gasteiger partial charge on any atom is -0.465 e. The topological polar surface area (TPSA) is 162 Å². The van der Waals surface area contributed by atoms with Gasteiger partial charge in [-0.25, -0.2) is 9.78 Å². The number of halogens is 3. The smallest absolute Gasteiger partial charge is 0.433 e. The third-order valence-electron chi connectivity index (χ3n) is 9.98. The van der Waals surface area contributed by atoms with Crippen molar-refractivity contribution in [3.8, 4) is 11.3 Å². The number of amides is 5. The summed E-state index contributed by atoms with van der Waals surface area (Å²) in [6.07, 6.45) is -4.27. The normalized spacial score (nSPS) is 22.7. The van der Waals surface area contributed by atoms with Gasteiger partial charge in [0.15, 0.2) is 0 Å². The standard InChI is InChI=1S/C33H35F3N6O6S/c1-14-10-21(33(34,35)36)40-25(22(14)28(44)41-9-7-17(12-41)39-27(43)15(2)16(3)38-31(47)48)19-6-8-37-20-11-18(49-26(19)20)13-42-29(45)23-24(30(42)46)32(23,4)5/h6,8,10-11,15-17,23-24,38H,7,9,12-13H2,1-5H3,(H,39,43)(H,47,48)/t15?,16-,17?,23?,24?/m0/s1. The number of imide groups is 1. The lowest BCUT2D eigenvalue weighted by molar-refractivity contribution is -0.144. The van der Waals surface area contributed by atoms with Crippen molar-refractivity contribution in [1.82, 2.24) is 30.4 Å². The first kappa shape index (κ1) is 34.3. The molecule has 3 aromatic rings. The number of fused-ring (bicyclic) bond motifs is 2. The molecule has 5 atom stereocenters. The third-order valence-corrected chi connectivity index (χ3v) is 11.1. The molecule has 4 unspecified atom stereocenters. The second-order valence-electron chi connectivity index (χ2n) is 13.6. The Kier molecular flexibility index (Phi) is 8.44. The Morgan fingerprint density at radius 3 is 2.45 bits per heavy atom. The van der Waals surface area contributed by atoms with Gasteiger partial charge in [0.1, 0.15) is 5.69 Å². The van der Waals surface area contributed by atoms with Gasteiger partial charge < -0.3 is 20.6 Å². The summed E-state index contributed by atoms with van der Waals surface area (Å²) in [6, 6.07) is 2.89. The number of nitrogens with one attached hydrogen (secondary N) is 2. The van der Waals surface area contributed by atoms with Crippen LogP contribution in [-0.4, -0.2) is 79.8 Å². The molecule has 12 nitrogen and oxygen atoms in total. The number of carbonyl (C=O) groups is 5. The van der Waals surface area contributed by atoms with Crippen LogP contribution in [0.2, 0.25) is 0 Å². The molecule has 2 aliphatic heterocycles. The molecule has 0 spiro atoms. The molecular weight excluding hydrogens is 665 g/mol. The molecule has 2 saturated heterocycles. The van der Waals surface area contributed by atoms with Gasteiger partial charge in [0.2, 0.25) is 17.7 Å². The van der Waals surface area contributed by atoms with Gasteiger partial charge in [-0.1, -0.05) is 20.8 Å². The van der Waals surface area contributed by atoms with E-state index in [9.17, 15) is 37.1 Å². The first-order valence-electron chi connectivity index (χ1n) is 15.8. The van der Waals surface area contributed by atoms with Crippen LogP contribution < -0.4 is 10.6 Å². The monoisotopic (exact) mass is 700 g/mol. The molecule has 5 amide bonds. The zero-order valence-corrected chi connectivity index (χ0v) is 28.2. The number of likely N-dealkylation sites (tertiary alicyclic amines) is 2. The first-order chi connectivity index (χ1) is 22.9. The zero-order valence-electron chi connectivity index (χ0n) is 27.3. The van der Waals surface area contributed by atoms with Crippen molar-refractivity contribution in [3.05, 3.63) is 46.1 Å². The lowest BCUT2D eigenvalue weighted by Crippen LogP contribution is -2.47. The maximum atomic E-state index is 14.1. The Morgan fingerprint density at radius 2 is 1.82 bits per heavy atom. The Hall–Kier alpha value is -4.60. The van der Waals surface area contributed by atoms with Crippen LogP contribution in [0.15, 0.2) is 24.4 Å². The van der Waals surface area contributed by atoms with Crippen LogP contribution in [0.25, 0.3) is 21.5 Å². The number of nitrogens with zero attached hydrogens (tertiary/aromatic N) is 4. The van der Waals surface area contributed by atoms with Crippen molar-refractivity contribution >= 4 is 51.3 Å². The minimum atomic E-state index is -4.80. The quantitative estimate of drug-likeness (QED) is 0.291. The van der Waals surface area contributed by atoms with E-state index in [1.54, 1.807) is 19.9 Å². The number of pyridine rings is 2. The molecule has 260 valence electrons. The minimum absolute atomic E-state index is 0.00665. The van der Waals surface area contributed by atoms with Crippen molar-refractivity contribution in [1.29, 1.82) is 0 Å². The van der Waals surface area contributed by atoms with E-state index in [-0.39, 0.29) is 71.1 Å². The summed E-state index contributed by atoms with van der Waals surface area (Å²) in [5.41, 5.74) is -1.01. The molecule has 0 aromatic carbocycles. The third kappa shape index (κ3) is 6.10. The fourth-order valence-electron chi connectivity index (χ4n) is 6.95. The van der Waals surface area contributed by atoms with Gasteiger partial charge in [0.25, 0.3) is 5.91 Å². The average Bonchev–Trinajstić information content (AvgIpc) is 3.41. The number of rotatable bonds is 8. The molecule has 1 saturated carbocycles. The van der Waals surface area contributed by atoms with E-state index in [4.69, 9.17) is 5.11 Å². The molecule has 3 aromatic heterocycles. The van der Waals surface area contributed by atoms with E-state index in [0.29, 0.717) is 21.5 Å². The number of hydrogen-bond acceptors (Lipinski definition) is 8. The number of alkyl halides is 3. The van der Waals surface area contributed by atoms with E-state index in [1.807, 2.05) is 13.8 Å². The van der Waals surface area contributed by atoms with Gasteiger partial charge in [0.05, 0.1) is 45.8 Å². The SMILES string of the molecule is Cc1cc(C(F)(F)F)nc(-c2ccnc3cc(CN4C(=O)C5C(C4=O)C5(C)C)sc23)c1C(=O)N1CCC(NC(=O)C(C)[C@H](C)NC(=O)O)C1. The summed E-state index contributed by atoms with van der Waals surface area (Å²) in [5.74, 6) is -2.85. The van der Waals surface area contributed by atoms with Crippen molar-refractivity contribution in [2.24, 2.45) is 23.2 Å². The second-order valence-corrected chi connectivity index (χ2v) is 14.8. The lowest BCUT2D eigenvalue weighted by atomic mass is 9.99. The molecule has 5 heterocycles.